The summed E-state index contributed by atoms with van der Waals surface area (Å²) in [4.78, 5) is 58.3. The van der Waals surface area contributed by atoms with Gasteiger partial charge in [-0.05, 0) is 77.6 Å². The summed E-state index contributed by atoms with van der Waals surface area (Å²) in [7, 11) is 1.87. The number of nitrogens with one attached hydrogen (secondary N) is 2. The van der Waals surface area contributed by atoms with Gasteiger partial charge in [-0.2, -0.15) is 0 Å². The Hall–Kier alpha value is -7.44. The SMILES string of the molecule is C=CN=C1C=CC=C/C1=C/Cc1nc2c(c(NC)n1)CCN(C(=O)c1ccc(/C=C/c3ccc(C#CCN4CCN(CCC#Cc5cccc(C6CCC(=O)NC6=O)c5)CC4)cc3)cc1)C2. The van der Waals surface area contributed by atoms with Crippen molar-refractivity contribution in [3.8, 4) is 23.7 Å². The van der Waals surface area contributed by atoms with Gasteiger partial charge in [0.05, 0.1) is 30.4 Å². The van der Waals surface area contributed by atoms with Crippen LogP contribution < -0.4 is 10.6 Å². The van der Waals surface area contributed by atoms with Crippen molar-refractivity contribution in [2.75, 3.05) is 58.2 Å². The van der Waals surface area contributed by atoms with Gasteiger partial charge in [-0.25, -0.2) is 9.97 Å². The number of piperazine rings is 1. The van der Waals surface area contributed by atoms with Crippen LogP contribution in [0.1, 0.15) is 80.4 Å². The highest BCUT2D eigenvalue weighted by atomic mass is 16.2. The Morgan fingerprint density at radius 2 is 1.62 bits per heavy atom. The average molecular weight is 875 g/mol. The van der Waals surface area contributed by atoms with Gasteiger partial charge in [0.15, 0.2) is 0 Å². The third kappa shape index (κ3) is 11.8. The van der Waals surface area contributed by atoms with Crippen molar-refractivity contribution in [1.29, 1.82) is 0 Å². The number of carbonyl (C=O) groups excluding carboxylic acids is 3. The van der Waals surface area contributed by atoms with Gasteiger partial charge in [-0.15, -0.1) is 0 Å². The minimum Gasteiger partial charge on any atom is -0.373 e. The van der Waals surface area contributed by atoms with Crippen molar-refractivity contribution in [2.45, 2.75) is 44.6 Å². The number of benzene rings is 3. The van der Waals surface area contributed by atoms with E-state index in [2.05, 4.69) is 98.2 Å². The van der Waals surface area contributed by atoms with Gasteiger partial charge in [0.2, 0.25) is 11.8 Å². The van der Waals surface area contributed by atoms with Crippen LogP contribution in [0, 0.1) is 23.7 Å². The third-order valence-electron chi connectivity index (χ3n) is 12.2. The fraction of sp³-hybridized carbons (Fsp3) is 0.273. The number of aromatic nitrogens is 2. The third-order valence-corrected chi connectivity index (χ3v) is 12.2. The first-order valence-electron chi connectivity index (χ1n) is 22.7. The standard InChI is InChI=1S/C55H54N8O3/c1-3-57-49-15-5-4-13-44(49)26-28-51-58-50-39-63(33-30-48(50)53(56-2)59-51)55(66)45-24-22-42(23-25-45)21-20-41-18-16-40(17-19-41)12-9-32-62-36-34-61(35-37-62)31-7-6-10-43-11-8-14-46(38-43)47-27-29-52(64)60-54(47)65/h3-5,8,11,13-26,38,47H,1,7,27-37,39H2,2H3,(H,56,58,59)(H,60,64,65)/b21-20+,44-26-,57-49?. The number of amides is 3. The van der Waals surface area contributed by atoms with Crippen LogP contribution in [-0.2, 0) is 29.0 Å². The smallest absolute Gasteiger partial charge is 0.254 e. The van der Waals surface area contributed by atoms with E-state index >= 15 is 0 Å². The van der Waals surface area contributed by atoms with Crippen molar-refractivity contribution in [3.05, 3.63) is 172 Å². The molecule has 3 aromatic carbocycles. The van der Waals surface area contributed by atoms with E-state index in [0.29, 0.717) is 50.2 Å². The first-order valence-corrected chi connectivity index (χ1v) is 22.7. The molecule has 0 saturated carbocycles. The monoisotopic (exact) mass is 874 g/mol. The number of aliphatic imine (C=N–C) groups is 1. The number of allylic oxidation sites excluding steroid dienone is 6. The highest BCUT2D eigenvalue weighted by molar-refractivity contribution is 6.11. The molecule has 11 nitrogen and oxygen atoms in total. The molecule has 0 radical (unpaired) electrons. The van der Waals surface area contributed by atoms with Crippen LogP contribution in [0.15, 0.2) is 127 Å². The Morgan fingerprint density at radius 3 is 2.38 bits per heavy atom. The first kappa shape index (κ1) is 45.1. The zero-order valence-corrected chi connectivity index (χ0v) is 37.4. The zero-order chi connectivity index (χ0) is 45.7. The molecule has 4 heterocycles. The summed E-state index contributed by atoms with van der Waals surface area (Å²) in [6, 6.07) is 23.8. The average Bonchev–Trinajstić information content (AvgIpc) is 3.35. The lowest BCUT2D eigenvalue weighted by atomic mass is 9.90. The van der Waals surface area contributed by atoms with E-state index in [9.17, 15) is 14.4 Å². The molecular weight excluding hydrogens is 821 g/mol. The molecule has 1 atom stereocenters. The summed E-state index contributed by atoms with van der Waals surface area (Å²) in [5.74, 6) is 14.0. The molecular formula is C55H54N8O3. The van der Waals surface area contributed by atoms with Crippen LogP contribution in [0.5, 0.6) is 0 Å². The number of anilines is 1. The quantitative estimate of drug-likeness (QED) is 0.0940. The molecule has 4 aliphatic rings. The Balaban J connectivity index is 0.767. The van der Waals surface area contributed by atoms with Gasteiger partial charge in [0, 0.05) is 94.0 Å². The fourth-order valence-corrected chi connectivity index (χ4v) is 8.47. The maximum Gasteiger partial charge on any atom is 0.254 e. The molecule has 2 saturated heterocycles. The number of rotatable bonds is 11. The lowest BCUT2D eigenvalue weighted by Gasteiger charge is -2.33. The summed E-state index contributed by atoms with van der Waals surface area (Å²) in [6.45, 7) is 10.3. The second-order valence-corrected chi connectivity index (χ2v) is 16.6. The Labute approximate surface area is 387 Å². The van der Waals surface area contributed by atoms with Crippen LogP contribution in [0.2, 0.25) is 0 Å². The molecule has 8 rings (SSSR count). The highest BCUT2D eigenvalue weighted by Gasteiger charge is 2.28. The van der Waals surface area contributed by atoms with Crippen molar-refractivity contribution in [3.63, 3.8) is 0 Å². The lowest BCUT2D eigenvalue weighted by Crippen LogP contribution is -2.46. The number of piperidine rings is 1. The number of fused-ring (bicyclic) bond motifs is 1. The van der Waals surface area contributed by atoms with E-state index in [1.165, 1.54) is 0 Å². The molecule has 332 valence electrons. The largest absolute Gasteiger partial charge is 0.373 e. The number of hydrogen-bond donors (Lipinski definition) is 2. The molecule has 0 spiro atoms. The van der Waals surface area contributed by atoms with Gasteiger partial charge in [0.1, 0.15) is 11.6 Å². The first-order chi connectivity index (χ1) is 32.3. The maximum absolute atomic E-state index is 13.7. The molecule has 1 unspecified atom stereocenters. The zero-order valence-electron chi connectivity index (χ0n) is 37.4. The normalized spacial score (nSPS) is 18.6. The van der Waals surface area contributed by atoms with E-state index in [1.807, 2.05) is 84.8 Å². The molecule has 11 heteroatoms. The molecule has 3 aliphatic heterocycles. The summed E-state index contributed by atoms with van der Waals surface area (Å²) in [5.41, 5.74) is 9.29. The Morgan fingerprint density at radius 1 is 0.879 bits per heavy atom. The maximum atomic E-state index is 13.7. The number of imide groups is 1. The van der Waals surface area contributed by atoms with E-state index in [4.69, 9.17) is 9.97 Å². The highest BCUT2D eigenvalue weighted by Crippen LogP contribution is 2.27. The number of nitrogens with zero attached hydrogens (tertiary/aromatic N) is 6. The predicted molar refractivity (Wildman–Crippen MR) is 262 cm³/mol. The number of hydrogen-bond acceptors (Lipinski definition) is 9. The Kier molecular flexibility index (Phi) is 15.0. The van der Waals surface area contributed by atoms with E-state index in [-0.39, 0.29) is 23.6 Å². The summed E-state index contributed by atoms with van der Waals surface area (Å²) < 4.78 is 0. The van der Waals surface area contributed by atoms with Crippen LogP contribution in [0.25, 0.3) is 12.2 Å². The minimum atomic E-state index is -0.297. The van der Waals surface area contributed by atoms with Gasteiger partial charge < -0.3 is 10.2 Å². The minimum absolute atomic E-state index is 0.0139. The van der Waals surface area contributed by atoms with Crippen LogP contribution in [0.4, 0.5) is 5.82 Å². The van der Waals surface area contributed by atoms with Crippen molar-refractivity contribution in [2.24, 2.45) is 4.99 Å². The summed E-state index contributed by atoms with van der Waals surface area (Å²) >= 11 is 0. The molecule has 2 N–H and O–H groups in total. The van der Waals surface area contributed by atoms with E-state index in [0.717, 1.165) is 102 Å². The topological polar surface area (TPSA) is 123 Å². The molecule has 1 aromatic heterocycles. The van der Waals surface area contributed by atoms with Gasteiger partial charge in [-0.3, -0.25) is 34.5 Å². The summed E-state index contributed by atoms with van der Waals surface area (Å²) in [6.07, 6.45) is 18.5. The van der Waals surface area contributed by atoms with Crippen LogP contribution in [0.3, 0.4) is 0 Å². The van der Waals surface area contributed by atoms with Gasteiger partial charge in [-0.1, -0.05) is 103 Å². The summed E-state index contributed by atoms with van der Waals surface area (Å²) in [5, 5.41) is 5.68. The van der Waals surface area contributed by atoms with Crippen molar-refractivity contribution in [1.82, 2.24) is 30.0 Å². The molecule has 1 aliphatic carbocycles. The van der Waals surface area contributed by atoms with E-state index in [1.54, 1.807) is 6.20 Å². The molecule has 2 fully saturated rings. The van der Waals surface area contributed by atoms with Crippen molar-refractivity contribution >= 4 is 41.4 Å². The lowest BCUT2D eigenvalue weighted by molar-refractivity contribution is -0.134. The van der Waals surface area contributed by atoms with E-state index < -0.39 is 0 Å². The molecule has 66 heavy (non-hydrogen) atoms. The second-order valence-electron chi connectivity index (χ2n) is 16.6. The van der Waals surface area contributed by atoms with Crippen LogP contribution in [-0.4, -0.2) is 101 Å². The second kappa shape index (κ2) is 22.0. The number of carbonyl (C=O) groups is 3. The predicted octanol–water partition coefficient (Wildman–Crippen LogP) is 7.00. The van der Waals surface area contributed by atoms with Gasteiger partial charge >= 0.3 is 0 Å². The van der Waals surface area contributed by atoms with Gasteiger partial charge in [0.25, 0.3) is 5.91 Å². The van der Waals surface area contributed by atoms with Crippen LogP contribution >= 0.6 is 0 Å². The van der Waals surface area contributed by atoms with Crippen molar-refractivity contribution < 1.29 is 14.4 Å². The molecule has 3 amide bonds. The fourth-order valence-electron chi connectivity index (χ4n) is 8.47. The molecule has 4 aromatic rings. The Bertz CT molecular complexity index is 2750. The molecule has 0 bridgehead atoms.